The summed E-state index contributed by atoms with van der Waals surface area (Å²) in [5.74, 6) is -0.367. The Balaban J connectivity index is 4.16. The van der Waals surface area contributed by atoms with Crippen molar-refractivity contribution < 1.29 is 9.53 Å². The van der Waals surface area contributed by atoms with Crippen molar-refractivity contribution in [3.63, 3.8) is 0 Å². The maximum atomic E-state index is 11.0. The Labute approximate surface area is 66.8 Å². The number of aliphatic imine (C=N–C) groups is 1. The molecule has 62 valence electrons. The molecule has 0 radical (unpaired) electrons. The number of nitrogens with zero attached hydrogens (tertiary/aromatic N) is 1. The van der Waals surface area contributed by atoms with Gasteiger partial charge in [0, 0.05) is 7.05 Å². The van der Waals surface area contributed by atoms with Gasteiger partial charge in [0.05, 0.1) is 6.61 Å². The lowest BCUT2D eigenvalue weighted by molar-refractivity contribution is -0.134. The lowest BCUT2D eigenvalue weighted by atomic mass is 10.3. The second kappa shape index (κ2) is 5.65. The van der Waals surface area contributed by atoms with Gasteiger partial charge in [-0.1, -0.05) is 6.08 Å². The normalized spacial score (nSPS) is 12.1. The highest BCUT2D eigenvalue weighted by Crippen LogP contribution is 1.86. The molecule has 11 heavy (non-hydrogen) atoms. The highest BCUT2D eigenvalue weighted by Gasteiger charge is 2.05. The summed E-state index contributed by atoms with van der Waals surface area (Å²) >= 11 is 0. The van der Waals surface area contributed by atoms with Gasteiger partial charge in [0.25, 0.3) is 0 Å². The summed E-state index contributed by atoms with van der Waals surface area (Å²) in [4.78, 5) is 14.7. The van der Waals surface area contributed by atoms with Crippen LogP contribution in [0.25, 0.3) is 0 Å². The molecule has 0 bridgehead atoms. The van der Waals surface area contributed by atoms with Crippen molar-refractivity contribution in [1.29, 1.82) is 0 Å². The van der Waals surface area contributed by atoms with Crippen LogP contribution in [0.5, 0.6) is 0 Å². The first-order valence-corrected chi connectivity index (χ1v) is 3.52. The van der Waals surface area contributed by atoms with Gasteiger partial charge < -0.3 is 4.74 Å². The molecule has 3 nitrogen and oxygen atoms in total. The van der Waals surface area contributed by atoms with Crippen LogP contribution in [-0.2, 0) is 9.53 Å². The minimum absolute atomic E-state index is 0.356. The van der Waals surface area contributed by atoms with Gasteiger partial charge in [-0.05, 0) is 19.9 Å². The molecule has 0 aliphatic rings. The van der Waals surface area contributed by atoms with Gasteiger partial charge in [0.1, 0.15) is 5.71 Å². The first-order chi connectivity index (χ1) is 5.26. The molecule has 0 aliphatic carbocycles. The van der Waals surface area contributed by atoms with E-state index < -0.39 is 0 Å². The Morgan fingerprint density at radius 3 is 2.64 bits per heavy atom. The second-order valence-corrected chi connectivity index (χ2v) is 1.83. The Kier molecular flexibility index (Phi) is 5.07. The molecule has 0 rings (SSSR count). The number of hydrogen-bond donors (Lipinski definition) is 0. The molecule has 0 fully saturated rings. The fourth-order valence-corrected chi connectivity index (χ4v) is 0.597. The van der Waals surface area contributed by atoms with E-state index in [0.717, 1.165) is 0 Å². The molecule has 0 aliphatic heterocycles. The van der Waals surface area contributed by atoms with Crippen LogP contribution in [0.4, 0.5) is 0 Å². The lowest BCUT2D eigenvalue weighted by Crippen LogP contribution is -2.14. The minimum atomic E-state index is -0.367. The molecule has 0 saturated carbocycles. The van der Waals surface area contributed by atoms with E-state index in [1.54, 1.807) is 26.1 Å². The van der Waals surface area contributed by atoms with E-state index in [2.05, 4.69) is 4.99 Å². The first kappa shape index (κ1) is 9.88. The van der Waals surface area contributed by atoms with Crippen LogP contribution in [-0.4, -0.2) is 25.3 Å². The van der Waals surface area contributed by atoms with Gasteiger partial charge in [-0.3, -0.25) is 4.99 Å². The monoisotopic (exact) mass is 155 g/mol. The molecule has 0 amide bonds. The summed E-state index contributed by atoms with van der Waals surface area (Å²) in [6, 6.07) is 0. The zero-order valence-electron chi connectivity index (χ0n) is 7.13. The van der Waals surface area contributed by atoms with Gasteiger partial charge in [-0.15, -0.1) is 0 Å². The maximum absolute atomic E-state index is 11.0. The smallest absolute Gasteiger partial charge is 0.356 e. The zero-order chi connectivity index (χ0) is 8.69. The Morgan fingerprint density at radius 2 is 2.27 bits per heavy atom. The zero-order valence-corrected chi connectivity index (χ0v) is 7.13. The summed E-state index contributed by atoms with van der Waals surface area (Å²) in [6.45, 7) is 3.97. The topological polar surface area (TPSA) is 38.7 Å². The van der Waals surface area contributed by atoms with Crippen LogP contribution in [0.2, 0.25) is 0 Å². The number of ether oxygens (including phenoxy) is 1. The number of carbonyl (C=O) groups is 1. The van der Waals surface area contributed by atoms with Crippen molar-refractivity contribution in [2.45, 2.75) is 13.8 Å². The lowest BCUT2D eigenvalue weighted by Gasteiger charge is -1.98. The minimum Gasteiger partial charge on any atom is -0.461 e. The molecule has 0 heterocycles. The van der Waals surface area contributed by atoms with E-state index in [1.165, 1.54) is 0 Å². The highest BCUT2D eigenvalue weighted by molar-refractivity contribution is 6.41. The van der Waals surface area contributed by atoms with Crippen molar-refractivity contribution >= 4 is 11.7 Å². The summed E-state index contributed by atoms with van der Waals surface area (Å²) in [7, 11) is 1.56. The molecule has 3 heteroatoms. The fourth-order valence-electron chi connectivity index (χ4n) is 0.597. The summed E-state index contributed by atoms with van der Waals surface area (Å²) in [5.41, 5.74) is 0.356. The Morgan fingerprint density at radius 1 is 1.64 bits per heavy atom. The highest BCUT2D eigenvalue weighted by atomic mass is 16.5. The number of rotatable bonds is 3. The van der Waals surface area contributed by atoms with Crippen molar-refractivity contribution in [2.24, 2.45) is 4.99 Å². The molecular weight excluding hydrogens is 142 g/mol. The fraction of sp³-hybridized carbons (Fsp3) is 0.500. The summed E-state index contributed by atoms with van der Waals surface area (Å²) < 4.78 is 4.73. The van der Waals surface area contributed by atoms with E-state index >= 15 is 0 Å². The van der Waals surface area contributed by atoms with Crippen molar-refractivity contribution in [3.8, 4) is 0 Å². The maximum Gasteiger partial charge on any atom is 0.356 e. The molecule has 0 aromatic heterocycles. The molecule has 0 spiro atoms. The van der Waals surface area contributed by atoms with Crippen molar-refractivity contribution in [1.82, 2.24) is 0 Å². The number of hydrogen-bond acceptors (Lipinski definition) is 3. The van der Waals surface area contributed by atoms with Crippen molar-refractivity contribution in [3.05, 3.63) is 12.2 Å². The van der Waals surface area contributed by atoms with Crippen LogP contribution < -0.4 is 0 Å². The SMILES string of the molecule is CC=CC(=NC)C(=O)OCC. The standard InChI is InChI=1S/C8H13NO2/c1-4-6-7(9-3)8(10)11-5-2/h4,6H,5H2,1-3H3. The third-order valence-corrected chi connectivity index (χ3v) is 1.05. The largest absolute Gasteiger partial charge is 0.461 e. The van der Waals surface area contributed by atoms with Crippen LogP contribution in [0.1, 0.15) is 13.8 Å². The molecule has 0 saturated heterocycles. The average molecular weight is 155 g/mol. The van der Waals surface area contributed by atoms with E-state index in [0.29, 0.717) is 12.3 Å². The number of carbonyl (C=O) groups excluding carboxylic acids is 1. The molecular formula is C8H13NO2. The Hall–Kier alpha value is -1.12. The molecule has 0 N–H and O–H groups in total. The predicted octanol–water partition coefficient (Wildman–Crippen LogP) is 1.20. The third kappa shape index (κ3) is 3.55. The summed E-state index contributed by atoms with van der Waals surface area (Å²) in [5, 5.41) is 0. The van der Waals surface area contributed by atoms with Gasteiger partial charge in [0.2, 0.25) is 0 Å². The average Bonchev–Trinajstić information content (AvgIpc) is 2.00. The van der Waals surface area contributed by atoms with E-state index in [4.69, 9.17) is 4.74 Å². The van der Waals surface area contributed by atoms with Crippen LogP contribution in [0, 0.1) is 0 Å². The first-order valence-electron chi connectivity index (χ1n) is 3.52. The second-order valence-electron chi connectivity index (χ2n) is 1.83. The van der Waals surface area contributed by atoms with Gasteiger partial charge in [-0.2, -0.15) is 0 Å². The number of esters is 1. The third-order valence-electron chi connectivity index (χ3n) is 1.05. The molecule has 0 aromatic rings. The van der Waals surface area contributed by atoms with Gasteiger partial charge in [0.15, 0.2) is 0 Å². The van der Waals surface area contributed by atoms with E-state index in [-0.39, 0.29) is 5.97 Å². The Bertz CT molecular complexity index is 183. The molecule has 0 atom stereocenters. The summed E-state index contributed by atoms with van der Waals surface area (Å²) in [6.07, 6.45) is 3.37. The molecule has 0 aromatic carbocycles. The molecule has 0 unspecified atom stereocenters. The quantitative estimate of drug-likeness (QED) is 0.453. The van der Waals surface area contributed by atoms with E-state index in [1.807, 2.05) is 6.92 Å². The van der Waals surface area contributed by atoms with Crippen molar-refractivity contribution in [2.75, 3.05) is 13.7 Å². The van der Waals surface area contributed by atoms with Gasteiger partial charge in [-0.25, -0.2) is 4.79 Å². The number of allylic oxidation sites excluding steroid dienone is 1. The predicted molar refractivity (Wildman–Crippen MR) is 44.8 cm³/mol. The van der Waals surface area contributed by atoms with Crippen LogP contribution >= 0.6 is 0 Å². The van der Waals surface area contributed by atoms with E-state index in [9.17, 15) is 4.79 Å². The van der Waals surface area contributed by atoms with Crippen LogP contribution in [0.15, 0.2) is 17.1 Å². The van der Waals surface area contributed by atoms with Gasteiger partial charge >= 0.3 is 5.97 Å². The van der Waals surface area contributed by atoms with Crippen LogP contribution in [0.3, 0.4) is 0 Å².